The number of carbonyl (C=O) groups is 1. The summed E-state index contributed by atoms with van der Waals surface area (Å²) in [4.78, 5) is 12.0. The van der Waals surface area contributed by atoms with Crippen molar-refractivity contribution in [1.29, 1.82) is 0 Å². The highest BCUT2D eigenvalue weighted by Crippen LogP contribution is 2.48. The summed E-state index contributed by atoms with van der Waals surface area (Å²) in [6, 6.07) is 9.49. The number of nitrogens with one attached hydrogen (secondary N) is 1. The normalized spacial score (nSPS) is 21.2. The molecule has 0 aliphatic heterocycles. The van der Waals surface area contributed by atoms with Gasteiger partial charge in [0.2, 0.25) is 5.91 Å². The molecule has 2 atom stereocenters. The predicted octanol–water partition coefficient (Wildman–Crippen LogP) is 2.82. The summed E-state index contributed by atoms with van der Waals surface area (Å²) in [6.07, 6.45) is 2.69. The van der Waals surface area contributed by atoms with E-state index < -0.39 is 0 Å². The van der Waals surface area contributed by atoms with Crippen LogP contribution in [0.25, 0.3) is 0 Å². The van der Waals surface area contributed by atoms with Crippen molar-refractivity contribution in [2.24, 2.45) is 13.0 Å². The number of halogens is 1. The highest BCUT2D eigenvalue weighted by Gasteiger charge is 2.44. The highest BCUT2D eigenvalue weighted by molar-refractivity contribution is 6.30. The third kappa shape index (κ3) is 2.63. The number of nitrogens with zero attached hydrogens (tertiary/aromatic N) is 2. The number of hydrogen-bond donors (Lipinski definition) is 1. The number of anilines is 1. The molecule has 0 radical (unpaired) electrons. The Morgan fingerprint density at radius 2 is 2.11 bits per heavy atom. The highest BCUT2D eigenvalue weighted by atomic mass is 35.5. The van der Waals surface area contributed by atoms with Crippen molar-refractivity contribution in [1.82, 2.24) is 9.78 Å². The topological polar surface area (TPSA) is 46.9 Å². The summed E-state index contributed by atoms with van der Waals surface area (Å²) in [5.74, 6) is 0.997. The lowest BCUT2D eigenvalue weighted by atomic mass is 10.1. The molecule has 4 nitrogen and oxygen atoms in total. The molecule has 2 unspecified atom stereocenters. The summed E-state index contributed by atoms with van der Waals surface area (Å²) >= 11 is 5.86. The second-order valence-electron chi connectivity index (χ2n) is 4.86. The molecule has 1 aliphatic rings. The first kappa shape index (κ1) is 12.2. The third-order valence-corrected chi connectivity index (χ3v) is 3.64. The van der Waals surface area contributed by atoms with Crippen LogP contribution in [-0.2, 0) is 11.8 Å². The first-order valence-corrected chi connectivity index (χ1v) is 6.57. The molecule has 5 heteroatoms. The second-order valence-corrected chi connectivity index (χ2v) is 5.30. The standard InChI is InChI=1S/C14H14ClN3O/c1-18-7-6-13(17-18)16-14(19)12-8-11(12)9-2-4-10(15)5-3-9/h2-7,11-12H,8H2,1H3,(H,16,17,19). The largest absolute Gasteiger partial charge is 0.309 e. The molecule has 1 aliphatic carbocycles. The molecule has 1 fully saturated rings. The maximum absolute atomic E-state index is 12.0. The molecule has 1 amide bonds. The number of aryl methyl sites for hydroxylation is 1. The average Bonchev–Trinajstić information content (AvgIpc) is 3.08. The molecule has 3 rings (SSSR count). The SMILES string of the molecule is Cn1ccc(NC(=O)C2CC2c2ccc(Cl)cc2)n1. The van der Waals surface area contributed by atoms with Crippen molar-refractivity contribution in [3.05, 3.63) is 47.1 Å². The first-order chi connectivity index (χ1) is 9.13. The predicted molar refractivity (Wildman–Crippen MR) is 74.1 cm³/mol. The monoisotopic (exact) mass is 275 g/mol. The zero-order chi connectivity index (χ0) is 13.4. The van der Waals surface area contributed by atoms with Gasteiger partial charge in [0.15, 0.2) is 5.82 Å². The number of rotatable bonds is 3. The van der Waals surface area contributed by atoms with E-state index in [4.69, 9.17) is 11.6 Å². The van der Waals surface area contributed by atoms with Crippen LogP contribution in [0.2, 0.25) is 5.02 Å². The van der Waals surface area contributed by atoms with Crippen LogP contribution in [0.1, 0.15) is 17.9 Å². The van der Waals surface area contributed by atoms with Gasteiger partial charge in [-0.25, -0.2) is 0 Å². The number of aromatic nitrogens is 2. The van der Waals surface area contributed by atoms with Crippen LogP contribution >= 0.6 is 11.6 Å². The molecule has 0 saturated heterocycles. The summed E-state index contributed by atoms with van der Waals surface area (Å²) in [6.45, 7) is 0. The van der Waals surface area contributed by atoms with Gasteiger partial charge < -0.3 is 5.32 Å². The van der Waals surface area contributed by atoms with Crippen LogP contribution < -0.4 is 5.32 Å². The van der Waals surface area contributed by atoms with Crippen LogP contribution in [0.3, 0.4) is 0 Å². The third-order valence-electron chi connectivity index (χ3n) is 3.39. The Hall–Kier alpha value is -1.81. The van der Waals surface area contributed by atoms with Crippen molar-refractivity contribution in [2.75, 3.05) is 5.32 Å². The number of amides is 1. The number of carbonyl (C=O) groups excluding carboxylic acids is 1. The van der Waals surface area contributed by atoms with Gasteiger partial charge in [0.25, 0.3) is 0 Å². The van der Waals surface area contributed by atoms with Gasteiger partial charge in [0.05, 0.1) is 0 Å². The Morgan fingerprint density at radius 1 is 1.37 bits per heavy atom. The average molecular weight is 276 g/mol. The molecular formula is C14H14ClN3O. The Kier molecular flexibility index (Phi) is 3.03. The van der Waals surface area contributed by atoms with Crippen molar-refractivity contribution in [2.45, 2.75) is 12.3 Å². The Labute approximate surface area is 116 Å². The van der Waals surface area contributed by atoms with E-state index in [0.717, 1.165) is 11.4 Å². The Morgan fingerprint density at radius 3 is 2.74 bits per heavy atom. The summed E-state index contributed by atoms with van der Waals surface area (Å²) < 4.78 is 1.67. The Bertz CT molecular complexity index is 605. The van der Waals surface area contributed by atoms with Crippen molar-refractivity contribution < 1.29 is 4.79 Å². The lowest BCUT2D eigenvalue weighted by Crippen LogP contribution is -2.15. The molecule has 98 valence electrons. The zero-order valence-electron chi connectivity index (χ0n) is 10.5. The molecule has 1 N–H and O–H groups in total. The fourth-order valence-electron chi connectivity index (χ4n) is 2.26. The van der Waals surface area contributed by atoms with E-state index in [1.54, 1.807) is 16.9 Å². The molecule has 19 heavy (non-hydrogen) atoms. The van der Waals surface area contributed by atoms with E-state index in [0.29, 0.717) is 11.7 Å². The second kappa shape index (κ2) is 4.70. The van der Waals surface area contributed by atoms with E-state index in [1.807, 2.05) is 31.3 Å². The van der Waals surface area contributed by atoms with E-state index in [9.17, 15) is 4.79 Å². The minimum absolute atomic E-state index is 0.0404. The van der Waals surface area contributed by atoms with Crippen LogP contribution in [0.15, 0.2) is 36.5 Å². The van der Waals surface area contributed by atoms with Gasteiger partial charge in [-0.15, -0.1) is 0 Å². The van der Waals surface area contributed by atoms with Crippen LogP contribution in [0.4, 0.5) is 5.82 Å². The van der Waals surface area contributed by atoms with E-state index in [2.05, 4.69) is 10.4 Å². The van der Waals surface area contributed by atoms with Gasteiger partial charge in [-0.3, -0.25) is 9.48 Å². The molecule has 1 aromatic heterocycles. The van der Waals surface area contributed by atoms with Crippen LogP contribution in [0.5, 0.6) is 0 Å². The first-order valence-electron chi connectivity index (χ1n) is 6.19. The summed E-state index contributed by atoms with van der Waals surface area (Å²) in [5.41, 5.74) is 1.17. The lowest BCUT2D eigenvalue weighted by molar-refractivity contribution is -0.117. The van der Waals surface area contributed by atoms with Crippen molar-refractivity contribution >= 4 is 23.3 Å². The molecule has 1 saturated carbocycles. The smallest absolute Gasteiger partial charge is 0.229 e. The van der Waals surface area contributed by atoms with Crippen LogP contribution in [-0.4, -0.2) is 15.7 Å². The van der Waals surface area contributed by atoms with Crippen molar-refractivity contribution in [3.8, 4) is 0 Å². The summed E-state index contributed by atoms with van der Waals surface area (Å²) in [5, 5.41) is 7.70. The van der Waals surface area contributed by atoms with E-state index in [-0.39, 0.29) is 11.8 Å². The molecule has 1 aromatic carbocycles. The zero-order valence-corrected chi connectivity index (χ0v) is 11.3. The maximum atomic E-state index is 12.0. The quantitative estimate of drug-likeness (QED) is 0.936. The van der Waals surface area contributed by atoms with Crippen molar-refractivity contribution in [3.63, 3.8) is 0 Å². The molecule has 0 spiro atoms. The fourth-order valence-corrected chi connectivity index (χ4v) is 2.39. The molecular weight excluding hydrogens is 262 g/mol. The van der Waals surface area contributed by atoms with E-state index >= 15 is 0 Å². The maximum Gasteiger partial charge on any atom is 0.229 e. The molecule has 1 heterocycles. The van der Waals surface area contributed by atoms with Gasteiger partial charge in [0, 0.05) is 30.3 Å². The minimum Gasteiger partial charge on any atom is -0.309 e. The Balaban J connectivity index is 1.63. The minimum atomic E-state index is 0.0404. The van der Waals surface area contributed by atoms with Gasteiger partial charge in [-0.05, 0) is 30.0 Å². The summed E-state index contributed by atoms with van der Waals surface area (Å²) in [7, 11) is 1.82. The lowest BCUT2D eigenvalue weighted by Gasteiger charge is -2.02. The van der Waals surface area contributed by atoms with E-state index in [1.165, 1.54) is 5.56 Å². The molecule has 0 bridgehead atoms. The van der Waals surface area contributed by atoms with Gasteiger partial charge in [-0.1, -0.05) is 23.7 Å². The van der Waals surface area contributed by atoms with Gasteiger partial charge in [-0.2, -0.15) is 5.10 Å². The van der Waals surface area contributed by atoms with Gasteiger partial charge in [0.1, 0.15) is 0 Å². The number of benzene rings is 1. The van der Waals surface area contributed by atoms with Crippen LogP contribution in [0, 0.1) is 5.92 Å². The molecule has 2 aromatic rings. The van der Waals surface area contributed by atoms with Gasteiger partial charge >= 0.3 is 0 Å². The number of hydrogen-bond acceptors (Lipinski definition) is 2. The fraction of sp³-hybridized carbons (Fsp3) is 0.286.